The second kappa shape index (κ2) is 10.5. The van der Waals surface area contributed by atoms with E-state index in [0.717, 1.165) is 24.4 Å². The summed E-state index contributed by atoms with van der Waals surface area (Å²) in [4.78, 5) is 24.9. The molecule has 3 rings (SSSR count). The average molecular weight is 412 g/mol. The summed E-state index contributed by atoms with van der Waals surface area (Å²) in [6, 6.07) is 15.8. The summed E-state index contributed by atoms with van der Waals surface area (Å²) in [6.07, 6.45) is 0. The van der Waals surface area contributed by atoms with Gasteiger partial charge in [0.2, 0.25) is 0 Å². The van der Waals surface area contributed by atoms with Crippen LogP contribution in [0.3, 0.4) is 0 Å². The van der Waals surface area contributed by atoms with Crippen molar-refractivity contribution in [2.75, 3.05) is 32.9 Å². The normalized spacial score (nSPS) is 16.0. The molecule has 1 N–H and O–H groups in total. The molecule has 0 spiro atoms. The van der Waals surface area contributed by atoms with Gasteiger partial charge >= 0.3 is 5.69 Å². The van der Waals surface area contributed by atoms with Gasteiger partial charge in [-0.25, -0.2) is 5.43 Å². The topological polar surface area (TPSA) is 106 Å². The number of hydrogen-bond donors (Lipinski definition) is 1. The number of amides is 1. The molecule has 30 heavy (non-hydrogen) atoms. The number of carbonyl (C=O) groups is 1. The van der Waals surface area contributed by atoms with Crippen LogP contribution in [0.4, 0.5) is 5.69 Å². The zero-order valence-corrected chi connectivity index (χ0v) is 16.7. The third kappa shape index (κ3) is 5.62. The number of rotatable bonds is 8. The molecule has 1 aliphatic heterocycles. The van der Waals surface area contributed by atoms with Gasteiger partial charge in [-0.05, 0) is 18.6 Å². The predicted molar refractivity (Wildman–Crippen MR) is 111 cm³/mol. The smallest absolute Gasteiger partial charge is 0.310 e. The number of nitro groups is 1. The van der Waals surface area contributed by atoms with Crippen LogP contribution >= 0.6 is 0 Å². The summed E-state index contributed by atoms with van der Waals surface area (Å²) >= 11 is 0. The van der Waals surface area contributed by atoms with E-state index in [1.54, 1.807) is 6.07 Å². The molecule has 2 aromatic carbocycles. The van der Waals surface area contributed by atoms with Crippen LogP contribution in [0, 0.1) is 10.1 Å². The highest BCUT2D eigenvalue weighted by atomic mass is 16.6. The van der Waals surface area contributed by atoms with Crippen LogP contribution in [0.25, 0.3) is 0 Å². The fourth-order valence-corrected chi connectivity index (χ4v) is 3.30. The molecule has 1 atom stereocenters. The monoisotopic (exact) mass is 412 g/mol. The van der Waals surface area contributed by atoms with Gasteiger partial charge in [0.15, 0.2) is 12.4 Å². The average Bonchev–Trinajstić information content (AvgIpc) is 2.78. The van der Waals surface area contributed by atoms with E-state index in [1.807, 2.05) is 37.3 Å². The maximum absolute atomic E-state index is 12.2. The second-order valence-corrected chi connectivity index (χ2v) is 6.76. The molecule has 1 fully saturated rings. The van der Waals surface area contributed by atoms with E-state index in [1.165, 1.54) is 18.2 Å². The molecule has 0 aromatic heterocycles. The van der Waals surface area contributed by atoms with Gasteiger partial charge in [-0.3, -0.25) is 19.8 Å². The molecule has 1 heterocycles. The fraction of sp³-hybridized carbons (Fsp3) is 0.333. The Morgan fingerprint density at radius 3 is 2.57 bits per heavy atom. The Hall–Kier alpha value is -3.30. The first-order valence-corrected chi connectivity index (χ1v) is 9.62. The van der Waals surface area contributed by atoms with E-state index >= 15 is 0 Å². The number of benzene rings is 2. The number of ether oxygens (including phenoxy) is 2. The molecule has 1 amide bonds. The van der Waals surface area contributed by atoms with E-state index < -0.39 is 10.8 Å². The van der Waals surface area contributed by atoms with Crippen molar-refractivity contribution >= 4 is 17.3 Å². The van der Waals surface area contributed by atoms with Crippen molar-refractivity contribution in [3.05, 3.63) is 70.3 Å². The van der Waals surface area contributed by atoms with E-state index in [4.69, 9.17) is 9.47 Å². The first kappa shape index (κ1) is 21.4. The number of para-hydroxylation sites is 2. The Kier molecular flexibility index (Phi) is 7.47. The third-order valence-corrected chi connectivity index (χ3v) is 4.70. The van der Waals surface area contributed by atoms with Crippen molar-refractivity contribution in [2.24, 2.45) is 5.10 Å². The maximum atomic E-state index is 12.2. The molecular formula is C21H24N4O5. The quantitative estimate of drug-likeness (QED) is 0.406. The van der Waals surface area contributed by atoms with Crippen molar-refractivity contribution in [1.29, 1.82) is 0 Å². The van der Waals surface area contributed by atoms with Crippen LogP contribution in [-0.2, 0) is 9.53 Å². The van der Waals surface area contributed by atoms with Crippen molar-refractivity contribution in [1.82, 2.24) is 10.3 Å². The molecule has 0 aliphatic carbocycles. The Morgan fingerprint density at radius 2 is 1.87 bits per heavy atom. The van der Waals surface area contributed by atoms with Gasteiger partial charge in [0.1, 0.15) is 0 Å². The van der Waals surface area contributed by atoms with Crippen molar-refractivity contribution < 1.29 is 19.2 Å². The van der Waals surface area contributed by atoms with Crippen LogP contribution in [0.5, 0.6) is 5.75 Å². The van der Waals surface area contributed by atoms with E-state index in [9.17, 15) is 14.9 Å². The first-order valence-electron chi connectivity index (χ1n) is 9.62. The van der Waals surface area contributed by atoms with Gasteiger partial charge in [-0.15, -0.1) is 0 Å². The molecule has 0 saturated carbocycles. The molecule has 2 aromatic rings. The number of nitrogens with one attached hydrogen (secondary N) is 1. The lowest BCUT2D eigenvalue weighted by atomic mass is 10.0. The number of nitro benzene ring substituents is 1. The molecule has 0 radical (unpaired) electrons. The molecule has 0 bridgehead atoms. The molecule has 9 heteroatoms. The Bertz CT molecular complexity index is 897. The van der Waals surface area contributed by atoms with Gasteiger partial charge in [0, 0.05) is 19.2 Å². The lowest BCUT2D eigenvalue weighted by molar-refractivity contribution is -0.385. The number of hydrogen-bond acceptors (Lipinski definition) is 7. The van der Waals surface area contributed by atoms with Crippen molar-refractivity contribution in [2.45, 2.75) is 13.0 Å². The molecule has 9 nitrogen and oxygen atoms in total. The SMILES string of the molecule is C/C(=N/NC(=O)COc1ccccc1[N+](=O)[O-])[C@@H](c1ccccc1)N1CCOCC1. The van der Waals surface area contributed by atoms with E-state index in [-0.39, 0.29) is 24.1 Å². The van der Waals surface area contributed by atoms with Crippen LogP contribution in [0.15, 0.2) is 59.7 Å². The lowest BCUT2D eigenvalue weighted by Crippen LogP contribution is -2.42. The van der Waals surface area contributed by atoms with Crippen LogP contribution in [0.2, 0.25) is 0 Å². The minimum absolute atomic E-state index is 0.0360. The zero-order valence-electron chi connectivity index (χ0n) is 16.7. The largest absolute Gasteiger partial charge is 0.477 e. The number of hydrazone groups is 1. The molecule has 158 valence electrons. The van der Waals surface area contributed by atoms with Gasteiger partial charge in [0.05, 0.1) is 29.9 Å². The molecule has 1 saturated heterocycles. The number of nitrogens with zero attached hydrogens (tertiary/aromatic N) is 3. The summed E-state index contributed by atoms with van der Waals surface area (Å²) in [5.41, 5.74) is 4.09. The van der Waals surface area contributed by atoms with Gasteiger partial charge in [-0.1, -0.05) is 42.5 Å². The highest BCUT2D eigenvalue weighted by molar-refractivity contribution is 5.90. The summed E-state index contributed by atoms with van der Waals surface area (Å²) in [5.74, 6) is -0.463. The summed E-state index contributed by atoms with van der Waals surface area (Å²) in [7, 11) is 0. The zero-order chi connectivity index (χ0) is 21.3. The molecule has 1 aliphatic rings. The van der Waals surface area contributed by atoms with Crippen molar-refractivity contribution in [3.63, 3.8) is 0 Å². The summed E-state index contributed by atoms with van der Waals surface area (Å²) < 4.78 is 10.8. The van der Waals surface area contributed by atoms with Crippen LogP contribution < -0.4 is 10.2 Å². The summed E-state index contributed by atoms with van der Waals surface area (Å²) in [6.45, 7) is 4.30. The van der Waals surface area contributed by atoms with Gasteiger partial charge in [0.25, 0.3) is 5.91 Å². The minimum Gasteiger partial charge on any atom is -0.477 e. The molecule has 0 unspecified atom stereocenters. The number of carbonyl (C=O) groups excluding carboxylic acids is 1. The van der Waals surface area contributed by atoms with Gasteiger partial charge in [-0.2, -0.15) is 5.10 Å². The second-order valence-electron chi connectivity index (χ2n) is 6.76. The number of morpholine rings is 1. The van der Waals surface area contributed by atoms with Crippen LogP contribution in [0.1, 0.15) is 18.5 Å². The standard InChI is InChI=1S/C21H24N4O5/c1-16(21(17-7-3-2-4-8-17)24-11-13-29-14-12-24)22-23-20(26)15-30-19-10-6-5-9-18(19)25(27)28/h2-10,21H,11-15H2,1H3,(H,23,26)/b22-16-/t21-/m0/s1. The summed E-state index contributed by atoms with van der Waals surface area (Å²) in [5, 5.41) is 15.3. The van der Waals surface area contributed by atoms with E-state index in [2.05, 4.69) is 15.4 Å². The highest BCUT2D eigenvalue weighted by Gasteiger charge is 2.25. The fourth-order valence-electron chi connectivity index (χ4n) is 3.30. The maximum Gasteiger partial charge on any atom is 0.310 e. The van der Waals surface area contributed by atoms with Crippen LogP contribution in [-0.4, -0.2) is 54.4 Å². The third-order valence-electron chi connectivity index (χ3n) is 4.70. The minimum atomic E-state index is -0.553. The van der Waals surface area contributed by atoms with Crippen molar-refractivity contribution in [3.8, 4) is 5.75 Å². The Balaban J connectivity index is 1.65. The van der Waals surface area contributed by atoms with Gasteiger partial charge < -0.3 is 9.47 Å². The highest BCUT2D eigenvalue weighted by Crippen LogP contribution is 2.26. The Labute approximate surface area is 174 Å². The first-order chi connectivity index (χ1) is 14.6. The molecular weight excluding hydrogens is 388 g/mol. The van der Waals surface area contributed by atoms with E-state index in [0.29, 0.717) is 13.2 Å². The lowest BCUT2D eigenvalue weighted by Gasteiger charge is -2.34. The Morgan fingerprint density at radius 1 is 1.20 bits per heavy atom. The predicted octanol–water partition coefficient (Wildman–Crippen LogP) is 2.54.